The first-order chi connectivity index (χ1) is 16.4. The third-order valence-electron chi connectivity index (χ3n) is 6.40. The summed E-state index contributed by atoms with van der Waals surface area (Å²) < 4.78 is 17.3. The number of rotatable bonds is 6. The smallest absolute Gasteiger partial charge is 0.231 e. The Morgan fingerprint density at radius 1 is 1.15 bits per heavy atom. The summed E-state index contributed by atoms with van der Waals surface area (Å²) in [5.41, 5.74) is 10.5. The lowest BCUT2D eigenvalue weighted by atomic mass is 9.88. The molecule has 5 rings (SSSR count). The summed E-state index contributed by atoms with van der Waals surface area (Å²) in [5.74, 6) is 0.369. The third-order valence-corrected chi connectivity index (χ3v) is 6.40. The maximum Gasteiger partial charge on any atom is 0.231 e. The van der Waals surface area contributed by atoms with Crippen LogP contribution < -0.4 is 11.1 Å². The molecular formula is C24H27FN8O. The van der Waals surface area contributed by atoms with Crippen molar-refractivity contribution in [3.05, 3.63) is 54.1 Å². The van der Waals surface area contributed by atoms with Gasteiger partial charge in [-0.25, -0.2) is 13.9 Å². The average Bonchev–Trinajstić information content (AvgIpc) is 3.40. The van der Waals surface area contributed by atoms with Gasteiger partial charge in [0.2, 0.25) is 5.91 Å². The predicted octanol–water partition coefficient (Wildman–Crippen LogP) is 2.64. The van der Waals surface area contributed by atoms with E-state index in [1.807, 2.05) is 37.1 Å². The molecule has 10 heteroatoms. The topological polar surface area (TPSA) is 106 Å². The minimum absolute atomic E-state index is 0.235. The van der Waals surface area contributed by atoms with E-state index >= 15 is 0 Å². The Hall–Kier alpha value is -3.79. The van der Waals surface area contributed by atoms with Gasteiger partial charge in [0.1, 0.15) is 17.3 Å². The molecule has 1 aliphatic heterocycles. The number of hydrogen-bond acceptors (Lipinski definition) is 6. The van der Waals surface area contributed by atoms with Crippen LogP contribution in [0, 0.1) is 5.82 Å². The standard InChI is InChI=1S/C24H27FN8O/c1-27-20-14-33-21(28-20)8-7-18(29-33)22-23(15-3-5-17(25)6-4-15)30-31(2)24(22)16-9-11-32(12-10-16)13-19(26)34/h3-8,14,16,27H,9-13H2,1-2H3,(H2,26,34). The number of nitrogens with two attached hydrogens (primary N) is 1. The zero-order valence-corrected chi connectivity index (χ0v) is 19.2. The minimum Gasteiger partial charge on any atom is -0.372 e. The van der Waals surface area contributed by atoms with Gasteiger partial charge < -0.3 is 11.1 Å². The van der Waals surface area contributed by atoms with E-state index in [9.17, 15) is 9.18 Å². The number of nitrogens with one attached hydrogen (secondary N) is 1. The van der Waals surface area contributed by atoms with E-state index in [-0.39, 0.29) is 24.2 Å². The van der Waals surface area contributed by atoms with E-state index in [0.29, 0.717) is 0 Å². The van der Waals surface area contributed by atoms with Crippen LogP contribution in [0.4, 0.5) is 10.2 Å². The number of piperidine rings is 1. The number of primary amides is 1. The van der Waals surface area contributed by atoms with Crippen LogP contribution in [-0.4, -0.2) is 61.9 Å². The molecule has 0 bridgehead atoms. The highest BCUT2D eigenvalue weighted by molar-refractivity contribution is 5.82. The van der Waals surface area contributed by atoms with Crippen LogP contribution in [-0.2, 0) is 11.8 Å². The van der Waals surface area contributed by atoms with Gasteiger partial charge in [0.15, 0.2) is 5.65 Å². The second kappa shape index (κ2) is 8.86. The van der Waals surface area contributed by atoms with Crippen LogP contribution in [0.15, 0.2) is 42.6 Å². The molecule has 0 saturated carbocycles. The van der Waals surface area contributed by atoms with Crippen LogP contribution in [0.5, 0.6) is 0 Å². The molecule has 3 aromatic heterocycles. The van der Waals surface area contributed by atoms with Crippen molar-refractivity contribution in [2.75, 3.05) is 32.0 Å². The van der Waals surface area contributed by atoms with Crippen LogP contribution in [0.1, 0.15) is 24.5 Å². The van der Waals surface area contributed by atoms with Crippen LogP contribution >= 0.6 is 0 Å². The second-order valence-electron chi connectivity index (χ2n) is 8.65. The molecule has 0 radical (unpaired) electrons. The molecule has 4 heterocycles. The fraction of sp³-hybridized carbons (Fsp3) is 0.333. The van der Waals surface area contributed by atoms with Gasteiger partial charge in [-0.3, -0.25) is 14.4 Å². The Kier molecular flexibility index (Phi) is 5.74. The van der Waals surface area contributed by atoms with E-state index < -0.39 is 0 Å². The van der Waals surface area contributed by atoms with Gasteiger partial charge in [0, 0.05) is 25.6 Å². The number of halogens is 1. The fourth-order valence-electron chi connectivity index (χ4n) is 4.79. The molecule has 1 amide bonds. The largest absolute Gasteiger partial charge is 0.372 e. The molecule has 4 aromatic rings. The van der Waals surface area contributed by atoms with Gasteiger partial charge in [-0.05, 0) is 62.3 Å². The molecule has 34 heavy (non-hydrogen) atoms. The molecule has 1 saturated heterocycles. The summed E-state index contributed by atoms with van der Waals surface area (Å²) in [4.78, 5) is 17.9. The number of nitrogens with zero attached hydrogens (tertiary/aromatic N) is 6. The molecule has 9 nitrogen and oxygen atoms in total. The summed E-state index contributed by atoms with van der Waals surface area (Å²) in [6.45, 7) is 1.84. The highest BCUT2D eigenvalue weighted by atomic mass is 19.1. The number of likely N-dealkylation sites (tertiary alicyclic amines) is 1. The van der Waals surface area contributed by atoms with E-state index in [2.05, 4.69) is 15.2 Å². The molecule has 1 aromatic carbocycles. The number of aromatic nitrogens is 5. The lowest BCUT2D eigenvalue weighted by Crippen LogP contribution is -2.39. The highest BCUT2D eigenvalue weighted by Crippen LogP contribution is 2.40. The summed E-state index contributed by atoms with van der Waals surface area (Å²) in [7, 11) is 3.76. The SMILES string of the molecule is CNc1cn2nc(-c3c(-c4ccc(F)cc4)nn(C)c3C3CCN(CC(N)=O)CC3)ccc2n1. The van der Waals surface area contributed by atoms with Gasteiger partial charge in [0.25, 0.3) is 0 Å². The molecule has 176 valence electrons. The van der Waals surface area contributed by atoms with Gasteiger partial charge in [-0.2, -0.15) is 10.2 Å². The van der Waals surface area contributed by atoms with E-state index in [1.165, 1.54) is 12.1 Å². The molecule has 1 fully saturated rings. The van der Waals surface area contributed by atoms with Crippen molar-refractivity contribution >= 4 is 17.4 Å². The highest BCUT2D eigenvalue weighted by Gasteiger charge is 2.30. The normalized spacial score (nSPS) is 15.1. The Labute approximate surface area is 196 Å². The van der Waals surface area contributed by atoms with E-state index in [4.69, 9.17) is 15.9 Å². The number of aryl methyl sites for hydroxylation is 1. The number of fused-ring (bicyclic) bond motifs is 1. The Balaban J connectivity index is 1.61. The number of benzene rings is 1. The quantitative estimate of drug-likeness (QED) is 0.456. The zero-order valence-electron chi connectivity index (χ0n) is 19.2. The lowest BCUT2D eigenvalue weighted by Gasteiger charge is -2.31. The monoisotopic (exact) mass is 462 g/mol. The van der Waals surface area contributed by atoms with Crippen molar-refractivity contribution in [2.24, 2.45) is 12.8 Å². The number of imidazole rings is 1. The van der Waals surface area contributed by atoms with Crippen LogP contribution in [0.2, 0.25) is 0 Å². The number of carbonyl (C=O) groups excluding carboxylic acids is 1. The molecule has 3 N–H and O–H groups in total. The molecule has 1 aliphatic rings. The van der Waals surface area contributed by atoms with Crippen molar-refractivity contribution in [3.63, 3.8) is 0 Å². The summed E-state index contributed by atoms with van der Waals surface area (Å²) in [6, 6.07) is 10.3. The van der Waals surface area contributed by atoms with Crippen molar-refractivity contribution in [3.8, 4) is 22.5 Å². The molecule has 0 atom stereocenters. The van der Waals surface area contributed by atoms with Gasteiger partial charge in [-0.1, -0.05) is 0 Å². The van der Waals surface area contributed by atoms with Crippen molar-refractivity contribution in [2.45, 2.75) is 18.8 Å². The molecule has 0 aliphatic carbocycles. The summed E-state index contributed by atoms with van der Waals surface area (Å²) in [5, 5.41) is 12.8. The first-order valence-corrected chi connectivity index (χ1v) is 11.3. The first kappa shape index (κ1) is 22.0. The lowest BCUT2D eigenvalue weighted by molar-refractivity contribution is -0.119. The average molecular weight is 463 g/mol. The Bertz CT molecular complexity index is 1340. The molecule has 0 spiro atoms. The van der Waals surface area contributed by atoms with E-state index in [1.54, 1.807) is 16.6 Å². The van der Waals surface area contributed by atoms with Crippen molar-refractivity contribution in [1.29, 1.82) is 0 Å². The zero-order chi connectivity index (χ0) is 23.8. The first-order valence-electron chi connectivity index (χ1n) is 11.3. The summed E-state index contributed by atoms with van der Waals surface area (Å²) >= 11 is 0. The van der Waals surface area contributed by atoms with Gasteiger partial charge in [-0.15, -0.1) is 0 Å². The van der Waals surface area contributed by atoms with Crippen molar-refractivity contribution in [1.82, 2.24) is 29.3 Å². The summed E-state index contributed by atoms with van der Waals surface area (Å²) in [6.07, 6.45) is 3.59. The number of hydrogen-bond donors (Lipinski definition) is 2. The molecule has 0 unspecified atom stereocenters. The predicted molar refractivity (Wildman–Crippen MR) is 128 cm³/mol. The molecular weight excluding hydrogens is 435 g/mol. The van der Waals surface area contributed by atoms with Gasteiger partial charge in [0.05, 0.1) is 29.7 Å². The maximum absolute atomic E-state index is 13.6. The van der Waals surface area contributed by atoms with Crippen molar-refractivity contribution < 1.29 is 9.18 Å². The van der Waals surface area contributed by atoms with Crippen LogP contribution in [0.25, 0.3) is 28.2 Å². The van der Waals surface area contributed by atoms with Crippen LogP contribution in [0.3, 0.4) is 0 Å². The Morgan fingerprint density at radius 2 is 1.88 bits per heavy atom. The number of carbonyl (C=O) groups is 1. The van der Waals surface area contributed by atoms with E-state index in [0.717, 1.165) is 65.6 Å². The maximum atomic E-state index is 13.6. The fourth-order valence-corrected chi connectivity index (χ4v) is 4.79. The van der Waals surface area contributed by atoms with Gasteiger partial charge >= 0.3 is 0 Å². The number of anilines is 1. The Morgan fingerprint density at radius 3 is 2.56 bits per heavy atom. The third kappa shape index (κ3) is 4.12. The minimum atomic E-state index is -0.308. The number of amides is 1. The second-order valence-corrected chi connectivity index (χ2v) is 8.65.